The molecule has 0 radical (unpaired) electrons. The third-order valence-electron chi connectivity index (χ3n) is 2.49. The maximum absolute atomic E-state index is 10.9. The number of hydrogen-bond donors (Lipinski definition) is 1. The fourth-order valence-corrected chi connectivity index (χ4v) is 2.70. The van der Waals surface area contributed by atoms with E-state index in [9.17, 15) is 4.79 Å². The molecule has 98 valence electrons. The zero-order valence-corrected chi connectivity index (χ0v) is 12.9. The van der Waals surface area contributed by atoms with Crippen LogP contribution in [0, 0.1) is 0 Å². The summed E-state index contributed by atoms with van der Waals surface area (Å²) >= 11 is 5.21. The second-order valence-electron chi connectivity index (χ2n) is 4.12. The molecule has 2 aromatic rings. The highest BCUT2D eigenvalue weighted by Gasteiger charge is 1.99. The Morgan fingerprint density at radius 3 is 2.32 bits per heavy atom. The van der Waals surface area contributed by atoms with Gasteiger partial charge in [0.1, 0.15) is 0 Å². The summed E-state index contributed by atoms with van der Waals surface area (Å²) < 4.78 is 1.10. The molecule has 1 N–H and O–H groups in total. The predicted molar refractivity (Wildman–Crippen MR) is 84.4 cm³/mol. The summed E-state index contributed by atoms with van der Waals surface area (Å²) in [5.41, 5.74) is 2.12. The number of halogens is 1. The standard InChI is InChI=1S/C15H14BrNOS/c1-11(18)17-14-6-8-15(9-7-14)19-10-12-2-4-13(16)5-3-12/h2-9H,10H2,1H3,(H,17,18). The van der Waals surface area contributed by atoms with Crippen molar-refractivity contribution in [2.75, 3.05) is 5.32 Å². The molecule has 0 unspecified atom stereocenters. The van der Waals surface area contributed by atoms with Crippen LogP contribution in [-0.4, -0.2) is 5.91 Å². The Morgan fingerprint density at radius 1 is 1.11 bits per heavy atom. The van der Waals surface area contributed by atoms with Crippen LogP contribution in [-0.2, 0) is 10.5 Å². The van der Waals surface area contributed by atoms with Crippen molar-refractivity contribution in [2.24, 2.45) is 0 Å². The van der Waals surface area contributed by atoms with Gasteiger partial charge in [-0.15, -0.1) is 11.8 Å². The first-order valence-corrected chi connectivity index (χ1v) is 7.66. The van der Waals surface area contributed by atoms with Gasteiger partial charge in [0.15, 0.2) is 0 Å². The van der Waals surface area contributed by atoms with Crippen LogP contribution in [0.4, 0.5) is 5.69 Å². The summed E-state index contributed by atoms with van der Waals surface area (Å²) in [6.45, 7) is 1.51. The highest BCUT2D eigenvalue weighted by Crippen LogP contribution is 2.24. The van der Waals surface area contributed by atoms with E-state index in [0.717, 1.165) is 15.9 Å². The summed E-state index contributed by atoms with van der Waals surface area (Å²) in [6.07, 6.45) is 0. The van der Waals surface area contributed by atoms with Gasteiger partial charge in [0.05, 0.1) is 0 Å². The minimum Gasteiger partial charge on any atom is -0.326 e. The first kappa shape index (κ1) is 14.2. The van der Waals surface area contributed by atoms with Gasteiger partial charge in [-0.05, 0) is 42.0 Å². The van der Waals surface area contributed by atoms with Crippen molar-refractivity contribution in [1.29, 1.82) is 0 Å². The van der Waals surface area contributed by atoms with E-state index in [2.05, 4.69) is 45.5 Å². The molecular formula is C15H14BrNOS. The zero-order chi connectivity index (χ0) is 13.7. The van der Waals surface area contributed by atoms with Gasteiger partial charge >= 0.3 is 0 Å². The molecule has 0 fully saturated rings. The molecule has 0 spiro atoms. The van der Waals surface area contributed by atoms with Crippen LogP contribution < -0.4 is 5.32 Å². The van der Waals surface area contributed by atoms with Gasteiger partial charge in [-0.25, -0.2) is 0 Å². The van der Waals surface area contributed by atoms with E-state index < -0.39 is 0 Å². The molecule has 1 amide bonds. The molecule has 0 heterocycles. The van der Waals surface area contributed by atoms with Crippen LogP contribution >= 0.6 is 27.7 Å². The SMILES string of the molecule is CC(=O)Nc1ccc(SCc2ccc(Br)cc2)cc1. The predicted octanol–water partition coefficient (Wildman–Crippen LogP) is 4.70. The normalized spacial score (nSPS) is 10.2. The van der Waals surface area contributed by atoms with Crippen molar-refractivity contribution in [3.8, 4) is 0 Å². The molecule has 0 saturated heterocycles. The summed E-state index contributed by atoms with van der Waals surface area (Å²) in [5, 5.41) is 2.76. The number of rotatable bonds is 4. The Bertz CT molecular complexity index is 551. The van der Waals surface area contributed by atoms with Gasteiger partial charge < -0.3 is 5.32 Å². The average Bonchev–Trinajstić information content (AvgIpc) is 2.39. The van der Waals surface area contributed by atoms with Crippen LogP contribution in [0.25, 0.3) is 0 Å². The maximum atomic E-state index is 10.9. The highest BCUT2D eigenvalue weighted by atomic mass is 79.9. The van der Waals surface area contributed by atoms with Gasteiger partial charge in [0.2, 0.25) is 5.91 Å². The number of carbonyl (C=O) groups excluding carboxylic acids is 1. The molecule has 2 aromatic carbocycles. The molecule has 19 heavy (non-hydrogen) atoms. The fraction of sp³-hybridized carbons (Fsp3) is 0.133. The van der Waals surface area contributed by atoms with E-state index >= 15 is 0 Å². The number of nitrogens with one attached hydrogen (secondary N) is 1. The molecule has 0 bridgehead atoms. The molecule has 0 saturated carbocycles. The second kappa shape index (κ2) is 6.78. The molecule has 2 rings (SSSR count). The molecule has 0 aliphatic carbocycles. The summed E-state index contributed by atoms with van der Waals surface area (Å²) in [7, 11) is 0. The van der Waals surface area contributed by atoms with E-state index in [0.29, 0.717) is 0 Å². The number of hydrogen-bond acceptors (Lipinski definition) is 2. The lowest BCUT2D eigenvalue weighted by Crippen LogP contribution is -2.05. The number of amides is 1. The number of benzene rings is 2. The lowest BCUT2D eigenvalue weighted by molar-refractivity contribution is -0.114. The van der Waals surface area contributed by atoms with Crippen LogP contribution in [0.3, 0.4) is 0 Å². The Morgan fingerprint density at radius 2 is 1.74 bits per heavy atom. The quantitative estimate of drug-likeness (QED) is 0.820. The first-order valence-electron chi connectivity index (χ1n) is 5.88. The molecule has 4 heteroatoms. The summed E-state index contributed by atoms with van der Waals surface area (Å²) in [4.78, 5) is 12.1. The Labute approximate surface area is 125 Å². The number of thioether (sulfide) groups is 1. The Hall–Kier alpha value is -1.26. The lowest BCUT2D eigenvalue weighted by Gasteiger charge is -2.05. The summed E-state index contributed by atoms with van der Waals surface area (Å²) in [5.74, 6) is 0.891. The highest BCUT2D eigenvalue weighted by molar-refractivity contribution is 9.10. The molecule has 0 aliphatic rings. The maximum Gasteiger partial charge on any atom is 0.221 e. The van der Waals surface area contributed by atoms with Crippen LogP contribution in [0.15, 0.2) is 57.9 Å². The minimum absolute atomic E-state index is 0.0461. The smallest absolute Gasteiger partial charge is 0.221 e. The summed E-state index contributed by atoms with van der Waals surface area (Å²) in [6, 6.07) is 16.2. The van der Waals surface area contributed by atoms with Crippen molar-refractivity contribution in [3.63, 3.8) is 0 Å². The number of anilines is 1. The Balaban J connectivity index is 1.92. The molecule has 0 aliphatic heterocycles. The van der Waals surface area contributed by atoms with Crippen LogP contribution in [0.2, 0.25) is 0 Å². The van der Waals surface area contributed by atoms with Crippen molar-refractivity contribution < 1.29 is 4.79 Å². The van der Waals surface area contributed by atoms with E-state index in [-0.39, 0.29) is 5.91 Å². The topological polar surface area (TPSA) is 29.1 Å². The van der Waals surface area contributed by atoms with E-state index in [1.54, 1.807) is 11.8 Å². The van der Waals surface area contributed by atoms with E-state index in [4.69, 9.17) is 0 Å². The van der Waals surface area contributed by atoms with Gasteiger partial charge in [-0.1, -0.05) is 28.1 Å². The average molecular weight is 336 g/mol. The monoisotopic (exact) mass is 335 g/mol. The van der Waals surface area contributed by atoms with Gasteiger partial charge in [-0.2, -0.15) is 0 Å². The van der Waals surface area contributed by atoms with Gasteiger partial charge in [-0.3, -0.25) is 4.79 Å². The van der Waals surface area contributed by atoms with Crippen LogP contribution in [0.5, 0.6) is 0 Å². The van der Waals surface area contributed by atoms with Crippen molar-refractivity contribution in [1.82, 2.24) is 0 Å². The molecular weight excluding hydrogens is 322 g/mol. The lowest BCUT2D eigenvalue weighted by atomic mass is 10.2. The molecule has 0 aromatic heterocycles. The van der Waals surface area contributed by atoms with Crippen molar-refractivity contribution in [3.05, 3.63) is 58.6 Å². The number of carbonyl (C=O) groups is 1. The minimum atomic E-state index is -0.0461. The van der Waals surface area contributed by atoms with Crippen molar-refractivity contribution in [2.45, 2.75) is 17.6 Å². The first-order chi connectivity index (χ1) is 9.13. The van der Waals surface area contributed by atoms with Crippen LogP contribution in [0.1, 0.15) is 12.5 Å². The third kappa shape index (κ3) is 4.73. The zero-order valence-electron chi connectivity index (χ0n) is 10.5. The van der Waals surface area contributed by atoms with Crippen molar-refractivity contribution >= 4 is 39.3 Å². The third-order valence-corrected chi connectivity index (χ3v) is 4.11. The second-order valence-corrected chi connectivity index (χ2v) is 6.09. The molecule has 2 nitrogen and oxygen atoms in total. The van der Waals surface area contributed by atoms with Gasteiger partial charge in [0, 0.05) is 27.7 Å². The Kier molecular flexibility index (Phi) is 5.05. The largest absolute Gasteiger partial charge is 0.326 e. The molecule has 0 atom stereocenters. The van der Waals surface area contributed by atoms with E-state index in [1.165, 1.54) is 17.4 Å². The van der Waals surface area contributed by atoms with E-state index in [1.807, 2.05) is 24.3 Å². The fourth-order valence-electron chi connectivity index (χ4n) is 1.59. The van der Waals surface area contributed by atoms with Gasteiger partial charge in [0.25, 0.3) is 0 Å².